The largest absolute Gasteiger partial charge is 0.524 e. The van der Waals surface area contributed by atoms with Crippen LogP contribution in [0.5, 0.6) is 40.2 Å². The molecule has 0 aliphatic heterocycles. The monoisotopic (exact) mass is 838 g/mol. The fourth-order valence-electron chi connectivity index (χ4n) is 4.55. The molecule has 3 rings (SSSR count). The van der Waals surface area contributed by atoms with Gasteiger partial charge in [0.25, 0.3) is 0 Å². The van der Waals surface area contributed by atoms with E-state index in [2.05, 4.69) is 28.8 Å². The van der Waals surface area contributed by atoms with Crippen molar-refractivity contribution in [1.29, 1.82) is 0 Å². The van der Waals surface area contributed by atoms with Crippen LogP contribution in [-0.2, 0) is 23.7 Å². The quantitative estimate of drug-likeness (QED) is 0.0514. The molecule has 0 saturated heterocycles. The van der Waals surface area contributed by atoms with E-state index >= 15 is 0 Å². The Morgan fingerprint density at radius 2 is 0.944 bits per heavy atom. The van der Waals surface area contributed by atoms with Crippen LogP contribution in [-0.4, -0.2) is 60.7 Å². The summed E-state index contributed by atoms with van der Waals surface area (Å²) < 4.78 is 80.2. The van der Waals surface area contributed by atoms with Crippen molar-refractivity contribution < 1.29 is 84.8 Å². The van der Waals surface area contributed by atoms with Crippen LogP contribution in [0.2, 0.25) is 0 Å². The fourth-order valence-corrected chi connectivity index (χ4v) is 6.23. The topological polar surface area (TPSA) is 274 Å². The van der Waals surface area contributed by atoms with Crippen LogP contribution in [0.25, 0.3) is 0 Å². The second-order valence-corrected chi connectivity index (χ2v) is 16.7. The summed E-state index contributed by atoms with van der Waals surface area (Å²) in [5, 5.41) is 0. The van der Waals surface area contributed by atoms with Gasteiger partial charge in [-0.05, 0) is 36.8 Å². The van der Waals surface area contributed by atoms with E-state index in [1.165, 1.54) is 49.4 Å². The third kappa shape index (κ3) is 15.8. The number of hydrogen-bond acceptors (Lipinski definition) is 11. The zero-order valence-electron chi connectivity index (χ0n) is 29.5. The lowest BCUT2D eigenvalue weighted by Gasteiger charge is -2.30. The van der Waals surface area contributed by atoms with Gasteiger partial charge in [0.2, 0.25) is 5.75 Å². The molecule has 3 aromatic rings. The third-order valence-corrected chi connectivity index (χ3v) is 8.28. The van der Waals surface area contributed by atoms with E-state index in [-0.39, 0.29) is 37.1 Å². The molecule has 0 bridgehead atoms. The molecular formula is C32H42O18P4. The molecular weight excluding hydrogens is 796 g/mol. The summed E-state index contributed by atoms with van der Waals surface area (Å²) in [6.07, 6.45) is 4.42. The van der Waals surface area contributed by atoms with E-state index in [1.807, 2.05) is 13.8 Å². The van der Waals surface area contributed by atoms with E-state index in [0.717, 1.165) is 6.66 Å². The third-order valence-electron chi connectivity index (χ3n) is 6.41. The van der Waals surface area contributed by atoms with Crippen molar-refractivity contribution in [2.45, 2.75) is 26.2 Å². The van der Waals surface area contributed by atoms with Crippen molar-refractivity contribution >= 4 is 31.1 Å². The van der Waals surface area contributed by atoms with Crippen LogP contribution >= 0.6 is 31.1 Å². The first kappa shape index (κ1) is 46.3. The average molecular weight is 839 g/mol. The SMILES string of the molecule is C=CCOc1c(OP(=O)(O)O)cc(C)cc1OP(=O)(O)O.C=CCOc1cc(OP(C)(=O)O)ccc1C(C)(C)c1ccc(OP(=O)(O)O)cc1OCC=C. The molecule has 0 aliphatic rings. The highest BCUT2D eigenvalue weighted by molar-refractivity contribution is 7.52. The van der Waals surface area contributed by atoms with Crippen LogP contribution in [0.15, 0.2) is 86.5 Å². The molecule has 54 heavy (non-hydrogen) atoms. The first-order valence-corrected chi connectivity index (χ1v) is 21.8. The Kier molecular flexibility index (Phi) is 16.4. The molecule has 1 atom stereocenters. The van der Waals surface area contributed by atoms with Gasteiger partial charge in [-0.1, -0.05) is 63.9 Å². The van der Waals surface area contributed by atoms with E-state index in [1.54, 1.807) is 24.3 Å². The van der Waals surface area contributed by atoms with Crippen molar-refractivity contribution in [3.8, 4) is 40.2 Å². The standard InChI is InChI=1S/C22H28O9P2.C10H14O9P2/c1-6-12-28-20-14-16(30-32(5,23)24)8-10-18(20)22(3,4)19-11-9-17(31-33(25,26)27)15-21(19)29-13-7-2;1-3-4-17-10-8(18-20(11,12)13)5-7(2)6-9(10)19-21(14,15)16/h6-11,14-15H,1-2,12-13H2,3-5H3,(H,23,24)(H2,25,26,27);3,5-6H,1,4H2,2H3,(H2,11,12,13)(H2,14,15,16). The first-order valence-electron chi connectivity index (χ1n) is 15.2. The van der Waals surface area contributed by atoms with E-state index in [4.69, 9.17) is 52.6 Å². The average Bonchev–Trinajstić information content (AvgIpc) is 2.99. The second-order valence-electron chi connectivity index (χ2n) is 11.5. The van der Waals surface area contributed by atoms with Gasteiger partial charge in [-0.3, -0.25) is 29.4 Å². The van der Waals surface area contributed by atoms with Crippen LogP contribution < -0.4 is 32.3 Å². The van der Waals surface area contributed by atoms with Gasteiger partial charge < -0.3 is 37.2 Å². The Morgan fingerprint density at radius 3 is 1.30 bits per heavy atom. The van der Waals surface area contributed by atoms with Crippen LogP contribution in [0, 0.1) is 6.92 Å². The van der Waals surface area contributed by atoms with Gasteiger partial charge in [0.15, 0.2) is 11.5 Å². The highest BCUT2D eigenvalue weighted by Crippen LogP contribution is 2.51. The van der Waals surface area contributed by atoms with Crippen molar-refractivity contribution in [3.05, 3.63) is 103 Å². The molecule has 7 N–H and O–H groups in total. The molecule has 18 nitrogen and oxygen atoms in total. The molecule has 0 amide bonds. The molecule has 0 radical (unpaired) electrons. The number of hydrogen-bond donors (Lipinski definition) is 7. The van der Waals surface area contributed by atoms with E-state index in [0.29, 0.717) is 28.2 Å². The maximum Gasteiger partial charge on any atom is 0.524 e. The highest BCUT2D eigenvalue weighted by Gasteiger charge is 2.32. The summed E-state index contributed by atoms with van der Waals surface area (Å²) in [4.78, 5) is 63.2. The van der Waals surface area contributed by atoms with Gasteiger partial charge >= 0.3 is 31.1 Å². The summed E-state index contributed by atoms with van der Waals surface area (Å²) in [5.41, 5.74) is 1.00. The van der Waals surface area contributed by atoms with Gasteiger partial charge in [-0.15, -0.1) is 0 Å². The Bertz CT molecular complexity index is 1860. The number of benzene rings is 3. The van der Waals surface area contributed by atoms with Crippen LogP contribution in [0.4, 0.5) is 0 Å². The number of phosphoric acid groups is 3. The molecule has 1 unspecified atom stereocenters. The molecule has 22 heteroatoms. The van der Waals surface area contributed by atoms with E-state index < -0.39 is 48.0 Å². The minimum atomic E-state index is -4.89. The second kappa shape index (κ2) is 19.1. The first-order chi connectivity index (χ1) is 24.8. The Morgan fingerprint density at radius 1 is 0.574 bits per heavy atom. The van der Waals surface area contributed by atoms with Gasteiger partial charge in [0.1, 0.15) is 42.8 Å². The van der Waals surface area contributed by atoms with Gasteiger partial charge in [-0.25, -0.2) is 18.3 Å². The predicted molar refractivity (Wildman–Crippen MR) is 198 cm³/mol. The summed E-state index contributed by atoms with van der Waals surface area (Å²) in [7, 11) is -18.3. The molecule has 0 aromatic heterocycles. The number of phosphoric ester groups is 3. The molecule has 0 aliphatic carbocycles. The minimum Gasteiger partial charge on any atom is -0.489 e. The molecule has 3 aromatic carbocycles. The molecule has 0 heterocycles. The molecule has 0 saturated carbocycles. The predicted octanol–water partition coefficient (Wildman–Crippen LogP) is 6.31. The summed E-state index contributed by atoms with van der Waals surface area (Å²) in [6.45, 7) is 17.3. The summed E-state index contributed by atoms with van der Waals surface area (Å²) in [6, 6.07) is 11.7. The Labute approximate surface area is 311 Å². The zero-order chi connectivity index (χ0) is 41.1. The highest BCUT2D eigenvalue weighted by atomic mass is 31.2. The maximum atomic E-state index is 11.7. The van der Waals surface area contributed by atoms with E-state index in [9.17, 15) is 23.2 Å². The van der Waals surface area contributed by atoms with Crippen molar-refractivity contribution in [3.63, 3.8) is 0 Å². The van der Waals surface area contributed by atoms with Crippen molar-refractivity contribution in [2.75, 3.05) is 26.5 Å². The zero-order valence-corrected chi connectivity index (χ0v) is 33.1. The Balaban J connectivity index is 0.000000413. The smallest absolute Gasteiger partial charge is 0.489 e. The Hall–Kier alpha value is -3.88. The van der Waals surface area contributed by atoms with Crippen molar-refractivity contribution in [2.24, 2.45) is 0 Å². The summed E-state index contributed by atoms with van der Waals surface area (Å²) >= 11 is 0. The molecule has 0 spiro atoms. The summed E-state index contributed by atoms with van der Waals surface area (Å²) in [5.74, 6) is -0.342. The lowest BCUT2D eigenvalue weighted by Crippen LogP contribution is -2.21. The van der Waals surface area contributed by atoms with Crippen molar-refractivity contribution in [1.82, 2.24) is 0 Å². The minimum absolute atomic E-state index is 0.0598. The van der Waals surface area contributed by atoms with Crippen LogP contribution in [0.3, 0.4) is 0 Å². The number of rotatable bonds is 19. The fraction of sp³-hybridized carbons (Fsp3) is 0.250. The molecule has 0 fully saturated rings. The molecule has 298 valence electrons. The van der Waals surface area contributed by atoms with Gasteiger partial charge in [0.05, 0.1) is 0 Å². The number of ether oxygens (including phenoxy) is 3. The maximum absolute atomic E-state index is 11.7. The lowest BCUT2D eigenvalue weighted by atomic mass is 9.77. The number of aryl methyl sites for hydroxylation is 1. The van der Waals surface area contributed by atoms with Crippen LogP contribution in [0.1, 0.15) is 30.5 Å². The normalized spacial score (nSPS) is 12.9. The van der Waals surface area contributed by atoms with Gasteiger partial charge in [-0.2, -0.15) is 0 Å². The lowest BCUT2D eigenvalue weighted by molar-refractivity contribution is 0.261. The van der Waals surface area contributed by atoms with Gasteiger partial charge in [0, 0.05) is 35.3 Å².